The zero-order valence-corrected chi connectivity index (χ0v) is 19.7. The number of nitrogens with two attached hydrogens (primary N) is 1. The number of hydrogen-bond donors (Lipinski definition) is 3. The van der Waals surface area contributed by atoms with E-state index in [4.69, 9.17) is 15.5 Å². The fraction of sp³-hybridized carbons (Fsp3) is 0.240. The minimum Gasteiger partial charge on any atom is -0.373 e. The second kappa shape index (κ2) is 10.5. The van der Waals surface area contributed by atoms with Crippen LogP contribution in [0.3, 0.4) is 0 Å². The van der Waals surface area contributed by atoms with Gasteiger partial charge in [0.05, 0.1) is 24.6 Å². The molecule has 1 fully saturated rings. The Morgan fingerprint density at radius 3 is 2.92 bits per heavy atom. The van der Waals surface area contributed by atoms with E-state index in [1.807, 2.05) is 29.2 Å². The summed E-state index contributed by atoms with van der Waals surface area (Å²) in [6.45, 7) is 6.69. The first-order valence-electron chi connectivity index (χ1n) is 11.6. The molecular weight excluding hydrogens is 458 g/mol. The maximum absolute atomic E-state index is 11.7. The van der Waals surface area contributed by atoms with Gasteiger partial charge in [0.2, 0.25) is 11.9 Å². The molecule has 1 atom stereocenters. The maximum Gasteiger partial charge on any atom is 0.247 e. The van der Waals surface area contributed by atoms with Gasteiger partial charge < -0.3 is 30.9 Å². The summed E-state index contributed by atoms with van der Waals surface area (Å²) in [5, 5.41) is 6.00. The Morgan fingerprint density at radius 1 is 1.19 bits per heavy atom. The van der Waals surface area contributed by atoms with Crippen molar-refractivity contribution in [1.82, 2.24) is 19.9 Å². The van der Waals surface area contributed by atoms with E-state index in [0.29, 0.717) is 43.0 Å². The summed E-state index contributed by atoms with van der Waals surface area (Å²) in [4.78, 5) is 34.1. The summed E-state index contributed by atoms with van der Waals surface area (Å²) in [6.07, 6.45) is 10.4. The second-order valence-corrected chi connectivity index (χ2v) is 8.29. The number of hydrogen-bond acceptors (Lipinski definition) is 10. The zero-order chi connectivity index (χ0) is 24.9. The summed E-state index contributed by atoms with van der Waals surface area (Å²) in [7, 11) is 0. The third kappa shape index (κ3) is 5.16. The Morgan fingerprint density at radius 2 is 2.11 bits per heavy atom. The van der Waals surface area contributed by atoms with Crippen molar-refractivity contribution >= 4 is 46.8 Å². The highest BCUT2D eigenvalue weighted by atomic mass is 16.5. The third-order valence-corrected chi connectivity index (χ3v) is 5.84. The van der Waals surface area contributed by atoms with Crippen molar-refractivity contribution in [3.8, 4) is 0 Å². The van der Waals surface area contributed by atoms with Crippen molar-refractivity contribution < 1.29 is 9.53 Å². The zero-order valence-electron chi connectivity index (χ0n) is 19.7. The molecule has 1 amide bonds. The number of nitrogens with one attached hydrogen (secondary N) is 2. The van der Waals surface area contributed by atoms with Crippen molar-refractivity contribution in [2.75, 3.05) is 53.2 Å². The van der Waals surface area contributed by atoms with Crippen LogP contribution in [0.4, 0.5) is 34.8 Å². The number of carbonyl (C=O) groups excluding carboxylic acids is 1. The van der Waals surface area contributed by atoms with Crippen LogP contribution in [0.1, 0.15) is 5.56 Å². The summed E-state index contributed by atoms with van der Waals surface area (Å²) in [5.41, 5.74) is 8.01. The molecule has 4 N–H and O–H groups in total. The van der Waals surface area contributed by atoms with Crippen LogP contribution in [0.15, 0.2) is 61.6 Å². The Hall–Kier alpha value is -4.35. The lowest BCUT2D eigenvalue weighted by molar-refractivity contribution is -0.111. The lowest BCUT2D eigenvalue weighted by atomic mass is 10.2. The number of amides is 1. The van der Waals surface area contributed by atoms with Crippen LogP contribution in [0.25, 0.3) is 6.08 Å². The van der Waals surface area contributed by atoms with E-state index < -0.39 is 0 Å². The summed E-state index contributed by atoms with van der Waals surface area (Å²) >= 11 is 0. The fourth-order valence-corrected chi connectivity index (χ4v) is 4.03. The largest absolute Gasteiger partial charge is 0.373 e. The molecule has 0 radical (unpaired) electrons. The van der Waals surface area contributed by atoms with Gasteiger partial charge in [0.1, 0.15) is 17.5 Å². The quantitative estimate of drug-likeness (QED) is 0.428. The molecular formula is C25H27N9O2. The van der Waals surface area contributed by atoms with E-state index in [0.717, 1.165) is 30.2 Å². The van der Waals surface area contributed by atoms with E-state index in [2.05, 4.69) is 37.1 Å². The molecule has 184 valence electrons. The van der Waals surface area contributed by atoms with Crippen LogP contribution >= 0.6 is 0 Å². The normalized spacial score (nSPS) is 16.9. The molecule has 5 heterocycles. The molecule has 0 unspecified atom stereocenters. The number of morpholine rings is 1. The predicted octanol–water partition coefficient (Wildman–Crippen LogP) is 2.46. The van der Waals surface area contributed by atoms with Gasteiger partial charge in [0.25, 0.3) is 0 Å². The van der Waals surface area contributed by atoms with E-state index in [1.54, 1.807) is 30.7 Å². The van der Waals surface area contributed by atoms with Gasteiger partial charge in [-0.25, -0.2) is 15.0 Å². The smallest absolute Gasteiger partial charge is 0.247 e. The van der Waals surface area contributed by atoms with Crippen LogP contribution in [0.5, 0.6) is 0 Å². The molecule has 3 aromatic rings. The Labute approximate surface area is 208 Å². The van der Waals surface area contributed by atoms with E-state index in [9.17, 15) is 4.79 Å². The van der Waals surface area contributed by atoms with Gasteiger partial charge in [-0.1, -0.05) is 18.7 Å². The van der Waals surface area contributed by atoms with Gasteiger partial charge in [-0.15, -0.1) is 0 Å². The van der Waals surface area contributed by atoms with Crippen molar-refractivity contribution in [1.29, 1.82) is 0 Å². The second-order valence-electron chi connectivity index (χ2n) is 8.29. The Kier molecular flexibility index (Phi) is 6.83. The molecule has 0 aliphatic carbocycles. The average Bonchev–Trinajstić information content (AvgIpc) is 2.93. The van der Waals surface area contributed by atoms with E-state index in [1.165, 1.54) is 6.08 Å². The molecule has 11 nitrogen and oxygen atoms in total. The average molecular weight is 486 g/mol. The minimum atomic E-state index is -0.285. The molecule has 0 aromatic carbocycles. The number of rotatable bonds is 7. The highest BCUT2D eigenvalue weighted by molar-refractivity contribution is 5.99. The number of ether oxygens (including phenoxy) is 1. The molecule has 0 spiro atoms. The number of anilines is 6. The number of aromatic nitrogens is 4. The summed E-state index contributed by atoms with van der Waals surface area (Å²) < 4.78 is 5.64. The van der Waals surface area contributed by atoms with Gasteiger partial charge in [-0.05, 0) is 24.3 Å². The first-order valence-corrected chi connectivity index (χ1v) is 11.6. The first-order chi connectivity index (χ1) is 17.6. The molecule has 0 bridgehead atoms. The topological polar surface area (TPSA) is 134 Å². The lowest BCUT2D eigenvalue weighted by Gasteiger charge is -2.33. The van der Waals surface area contributed by atoms with Crippen molar-refractivity contribution in [2.45, 2.75) is 6.10 Å². The standard InChI is InChI=1S/C25H27N9O2/c1-2-23(35)30-18-7-8-27-22(12-18)34-9-3-4-17-14-29-25(32-24(17)34)31-19-5-6-21(28-15-19)33-10-11-36-20(13-26)16-33/h2-8,12,14-15,20H,1,9-11,13,16,26H2,(H,27,30,35)(H,29,31,32)/t20-/m1/s1. The molecule has 0 saturated carbocycles. The van der Waals surface area contributed by atoms with Crippen molar-refractivity contribution in [2.24, 2.45) is 5.73 Å². The van der Waals surface area contributed by atoms with Crippen LogP contribution in [0.2, 0.25) is 0 Å². The lowest BCUT2D eigenvalue weighted by Crippen LogP contribution is -2.46. The van der Waals surface area contributed by atoms with Crippen LogP contribution < -0.4 is 26.2 Å². The van der Waals surface area contributed by atoms with Crippen LogP contribution in [-0.4, -0.2) is 64.7 Å². The van der Waals surface area contributed by atoms with Crippen molar-refractivity contribution in [3.05, 3.63) is 67.2 Å². The Balaban J connectivity index is 1.33. The van der Waals surface area contributed by atoms with Gasteiger partial charge in [-0.2, -0.15) is 4.98 Å². The summed E-state index contributed by atoms with van der Waals surface area (Å²) in [5.74, 6) is 2.39. The molecule has 2 aliphatic heterocycles. The molecule has 3 aromatic heterocycles. The van der Waals surface area contributed by atoms with E-state index in [-0.39, 0.29) is 12.0 Å². The van der Waals surface area contributed by atoms with Gasteiger partial charge in [-0.3, -0.25) is 4.79 Å². The first kappa shape index (κ1) is 23.4. The van der Waals surface area contributed by atoms with Crippen LogP contribution in [-0.2, 0) is 9.53 Å². The number of fused-ring (bicyclic) bond motifs is 1. The highest BCUT2D eigenvalue weighted by Gasteiger charge is 2.21. The fourth-order valence-electron chi connectivity index (χ4n) is 4.03. The van der Waals surface area contributed by atoms with Crippen LogP contribution in [0, 0.1) is 0 Å². The molecule has 36 heavy (non-hydrogen) atoms. The molecule has 11 heteroatoms. The molecule has 5 rings (SSSR count). The number of carbonyl (C=O) groups is 1. The summed E-state index contributed by atoms with van der Waals surface area (Å²) in [6, 6.07) is 7.43. The highest BCUT2D eigenvalue weighted by Crippen LogP contribution is 2.31. The van der Waals surface area contributed by atoms with Gasteiger partial charge >= 0.3 is 0 Å². The molecule has 2 aliphatic rings. The van der Waals surface area contributed by atoms with Gasteiger partial charge in [0.15, 0.2) is 0 Å². The Bertz CT molecular complexity index is 1280. The minimum absolute atomic E-state index is 0.0210. The molecule has 1 saturated heterocycles. The van der Waals surface area contributed by atoms with E-state index >= 15 is 0 Å². The predicted molar refractivity (Wildman–Crippen MR) is 140 cm³/mol. The van der Waals surface area contributed by atoms with Gasteiger partial charge in [0, 0.05) is 55.9 Å². The number of pyridine rings is 2. The third-order valence-electron chi connectivity index (χ3n) is 5.84. The number of nitrogens with zero attached hydrogens (tertiary/aromatic N) is 6. The maximum atomic E-state index is 11.7. The SMILES string of the molecule is C=CC(=O)Nc1ccnc(N2CC=Cc3cnc(Nc4ccc(N5CCO[C@H](CN)C5)nc4)nc32)c1. The monoisotopic (exact) mass is 485 g/mol. The van der Waals surface area contributed by atoms with Crippen molar-refractivity contribution in [3.63, 3.8) is 0 Å².